The van der Waals surface area contributed by atoms with Gasteiger partial charge in [-0.3, -0.25) is 4.79 Å². The molecule has 0 aromatic carbocycles. The summed E-state index contributed by atoms with van der Waals surface area (Å²) in [4.78, 5) is 12.2. The molecule has 0 unspecified atom stereocenters. The standard InChI is InChI=1S/C16H23N3O3/c1-2-3-4-5-6-7-10-18-16(20)13-14(19-22-15(13)17)12-9-8-11-21-12/h8-9,11H,2-7,10,17H2,1H3,(H,18,20). The Balaban J connectivity index is 1.84. The smallest absolute Gasteiger partial charge is 0.259 e. The van der Waals surface area contributed by atoms with Crippen LogP contribution in [0.5, 0.6) is 0 Å². The van der Waals surface area contributed by atoms with Gasteiger partial charge in [0.2, 0.25) is 5.88 Å². The van der Waals surface area contributed by atoms with Crippen molar-refractivity contribution in [1.82, 2.24) is 10.5 Å². The van der Waals surface area contributed by atoms with Crippen molar-refractivity contribution < 1.29 is 13.7 Å². The van der Waals surface area contributed by atoms with Crippen molar-refractivity contribution in [1.29, 1.82) is 0 Å². The molecule has 2 aromatic rings. The number of nitrogens with one attached hydrogen (secondary N) is 1. The number of aromatic nitrogens is 1. The number of nitrogens with zero attached hydrogens (tertiary/aromatic N) is 1. The third-order valence-electron chi connectivity index (χ3n) is 3.52. The van der Waals surface area contributed by atoms with Gasteiger partial charge in [-0.1, -0.05) is 44.2 Å². The lowest BCUT2D eigenvalue weighted by Gasteiger charge is -2.05. The summed E-state index contributed by atoms with van der Waals surface area (Å²) in [5.41, 5.74) is 6.28. The van der Waals surface area contributed by atoms with Crippen LogP contribution in [0.3, 0.4) is 0 Å². The Bertz CT molecular complexity index is 575. The van der Waals surface area contributed by atoms with Gasteiger partial charge >= 0.3 is 0 Å². The van der Waals surface area contributed by atoms with E-state index < -0.39 is 0 Å². The van der Waals surface area contributed by atoms with E-state index in [2.05, 4.69) is 17.4 Å². The fraction of sp³-hybridized carbons (Fsp3) is 0.500. The van der Waals surface area contributed by atoms with E-state index in [1.54, 1.807) is 12.1 Å². The monoisotopic (exact) mass is 305 g/mol. The van der Waals surface area contributed by atoms with E-state index in [-0.39, 0.29) is 17.4 Å². The highest BCUT2D eigenvalue weighted by molar-refractivity contribution is 6.03. The van der Waals surface area contributed by atoms with E-state index in [0.29, 0.717) is 18.0 Å². The molecule has 0 aliphatic rings. The molecule has 0 bridgehead atoms. The largest absolute Gasteiger partial charge is 0.463 e. The molecular weight excluding hydrogens is 282 g/mol. The number of nitrogens with two attached hydrogens (primary N) is 1. The molecule has 2 heterocycles. The minimum absolute atomic E-state index is 0.00634. The SMILES string of the molecule is CCCCCCCCNC(=O)c1c(-c2ccco2)noc1N. The number of carbonyl (C=O) groups is 1. The number of rotatable bonds is 9. The van der Waals surface area contributed by atoms with Crippen LogP contribution in [0.15, 0.2) is 27.3 Å². The highest BCUT2D eigenvalue weighted by Gasteiger charge is 2.23. The van der Waals surface area contributed by atoms with Gasteiger partial charge < -0.3 is 20.0 Å². The molecule has 0 atom stereocenters. The summed E-state index contributed by atoms with van der Waals surface area (Å²) in [6.45, 7) is 2.81. The van der Waals surface area contributed by atoms with Gasteiger partial charge in [0.1, 0.15) is 5.56 Å². The zero-order chi connectivity index (χ0) is 15.8. The van der Waals surface area contributed by atoms with Gasteiger partial charge in [-0.25, -0.2) is 0 Å². The molecule has 0 radical (unpaired) electrons. The minimum atomic E-state index is -0.279. The molecule has 0 spiro atoms. The lowest BCUT2D eigenvalue weighted by atomic mass is 10.1. The molecule has 0 saturated heterocycles. The summed E-state index contributed by atoms with van der Waals surface area (Å²) >= 11 is 0. The van der Waals surface area contributed by atoms with Crippen molar-refractivity contribution in [3.8, 4) is 11.5 Å². The number of hydrogen-bond donors (Lipinski definition) is 2. The van der Waals surface area contributed by atoms with Crippen LogP contribution in [0.1, 0.15) is 55.8 Å². The Morgan fingerprint density at radius 1 is 1.27 bits per heavy atom. The minimum Gasteiger partial charge on any atom is -0.463 e. The lowest BCUT2D eigenvalue weighted by molar-refractivity contribution is 0.0954. The Hall–Kier alpha value is -2.24. The molecule has 22 heavy (non-hydrogen) atoms. The number of nitrogen functional groups attached to an aromatic ring is 1. The highest BCUT2D eigenvalue weighted by atomic mass is 16.5. The normalized spacial score (nSPS) is 10.8. The molecule has 6 nitrogen and oxygen atoms in total. The average Bonchev–Trinajstić information content (AvgIpc) is 3.15. The Morgan fingerprint density at radius 3 is 2.77 bits per heavy atom. The van der Waals surface area contributed by atoms with Gasteiger partial charge in [-0.05, 0) is 18.6 Å². The van der Waals surface area contributed by atoms with Crippen molar-refractivity contribution in [2.24, 2.45) is 0 Å². The Morgan fingerprint density at radius 2 is 2.05 bits per heavy atom. The predicted molar refractivity (Wildman–Crippen MR) is 84.3 cm³/mol. The van der Waals surface area contributed by atoms with E-state index in [9.17, 15) is 4.79 Å². The summed E-state index contributed by atoms with van der Waals surface area (Å²) in [5, 5.41) is 6.66. The average molecular weight is 305 g/mol. The summed E-state index contributed by atoms with van der Waals surface area (Å²) < 4.78 is 10.2. The fourth-order valence-corrected chi connectivity index (χ4v) is 2.30. The predicted octanol–water partition coefficient (Wildman–Crippen LogP) is 3.61. The summed E-state index contributed by atoms with van der Waals surface area (Å²) in [5.74, 6) is 0.190. The van der Waals surface area contributed by atoms with E-state index in [0.717, 1.165) is 12.8 Å². The molecule has 0 saturated carbocycles. The number of furan rings is 1. The van der Waals surface area contributed by atoms with Crippen LogP contribution >= 0.6 is 0 Å². The van der Waals surface area contributed by atoms with E-state index in [4.69, 9.17) is 14.7 Å². The number of unbranched alkanes of at least 4 members (excludes halogenated alkanes) is 5. The Labute approximate surface area is 130 Å². The van der Waals surface area contributed by atoms with Crippen LogP contribution in [0.2, 0.25) is 0 Å². The first-order chi connectivity index (χ1) is 10.7. The van der Waals surface area contributed by atoms with Crippen LogP contribution in [-0.2, 0) is 0 Å². The topological polar surface area (TPSA) is 94.3 Å². The molecule has 6 heteroatoms. The molecule has 3 N–H and O–H groups in total. The summed E-state index contributed by atoms with van der Waals surface area (Å²) in [6, 6.07) is 3.43. The molecule has 1 amide bonds. The van der Waals surface area contributed by atoms with Crippen LogP contribution in [0.25, 0.3) is 11.5 Å². The first kappa shape index (κ1) is 16.1. The van der Waals surface area contributed by atoms with Gasteiger partial charge in [0.25, 0.3) is 5.91 Å². The molecule has 120 valence electrons. The molecule has 0 aliphatic carbocycles. The number of amides is 1. The third-order valence-corrected chi connectivity index (χ3v) is 3.52. The van der Waals surface area contributed by atoms with E-state index >= 15 is 0 Å². The first-order valence-electron chi connectivity index (χ1n) is 7.81. The second kappa shape index (κ2) is 8.26. The van der Waals surface area contributed by atoms with Gasteiger partial charge in [0.05, 0.1) is 6.26 Å². The van der Waals surface area contributed by atoms with Crippen molar-refractivity contribution >= 4 is 11.8 Å². The highest BCUT2D eigenvalue weighted by Crippen LogP contribution is 2.27. The van der Waals surface area contributed by atoms with Gasteiger partial charge in [-0.2, -0.15) is 0 Å². The van der Waals surface area contributed by atoms with Crippen molar-refractivity contribution in [2.45, 2.75) is 45.4 Å². The molecular formula is C16H23N3O3. The molecule has 2 aromatic heterocycles. The van der Waals surface area contributed by atoms with Crippen molar-refractivity contribution in [2.75, 3.05) is 12.3 Å². The Kier molecular flexibility index (Phi) is 6.06. The van der Waals surface area contributed by atoms with Gasteiger partial charge in [0.15, 0.2) is 11.5 Å². The van der Waals surface area contributed by atoms with Gasteiger partial charge in [-0.15, -0.1) is 0 Å². The maximum absolute atomic E-state index is 12.2. The van der Waals surface area contributed by atoms with Crippen molar-refractivity contribution in [3.05, 3.63) is 24.0 Å². The zero-order valence-corrected chi connectivity index (χ0v) is 12.9. The number of carbonyl (C=O) groups excluding carboxylic acids is 1. The van der Waals surface area contributed by atoms with Crippen molar-refractivity contribution in [3.63, 3.8) is 0 Å². The maximum atomic E-state index is 12.2. The number of anilines is 1. The molecule has 2 rings (SSSR count). The molecule has 0 fully saturated rings. The van der Waals surface area contributed by atoms with Crippen LogP contribution < -0.4 is 11.1 Å². The zero-order valence-electron chi connectivity index (χ0n) is 12.9. The second-order valence-corrected chi connectivity index (χ2v) is 5.27. The lowest BCUT2D eigenvalue weighted by Crippen LogP contribution is -2.25. The van der Waals surface area contributed by atoms with Crippen LogP contribution in [0.4, 0.5) is 5.88 Å². The van der Waals surface area contributed by atoms with E-state index in [1.807, 2.05) is 0 Å². The number of hydrogen-bond acceptors (Lipinski definition) is 5. The summed E-state index contributed by atoms with van der Waals surface area (Å²) in [7, 11) is 0. The first-order valence-corrected chi connectivity index (χ1v) is 7.81. The summed E-state index contributed by atoms with van der Waals surface area (Å²) in [6.07, 6.45) is 8.55. The van der Waals surface area contributed by atoms with E-state index in [1.165, 1.54) is 31.9 Å². The van der Waals surface area contributed by atoms with Gasteiger partial charge in [0, 0.05) is 6.54 Å². The van der Waals surface area contributed by atoms with Crippen LogP contribution in [0, 0.1) is 0 Å². The second-order valence-electron chi connectivity index (χ2n) is 5.27. The third kappa shape index (κ3) is 4.13. The maximum Gasteiger partial charge on any atom is 0.259 e. The molecule has 0 aliphatic heterocycles. The fourth-order valence-electron chi connectivity index (χ4n) is 2.30. The quantitative estimate of drug-likeness (QED) is 0.690. The van der Waals surface area contributed by atoms with Crippen LogP contribution in [-0.4, -0.2) is 17.6 Å².